The van der Waals surface area contributed by atoms with Crippen LogP contribution in [0.4, 0.5) is 17.1 Å². The normalized spacial score (nSPS) is 16.2. The molecule has 1 atom stereocenters. The zero-order chi connectivity index (χ0) is 30.0. The van der Waals surface area contributed by atoms with E-state index in [4.69, 9.17) is 0 Å². The highest BCUT2D eigenvalue weighted by Crippen LogP contribution is 2.39. The highest BCUT2D eigenvalue weighted by Gasteiger charge is 2.33. The third-order valence-corrected chi connectivity index (χ3v) is 8.27. The van der Waals surface area contributed by atoms with Gasteiger partial charge in [0.2, 0.25) is 0 Å². The number of benzene rings is 4. The largest absolute Gasteiger partial charge is 0.368 e. The SMILES string of the molecule is N#Cc1cc(NC(=O)c2ccnn2-c2ccccc2)ccc1N1CCN(C2c3ccccc3NC(=O)c3ccccc32)CC1. The van der Waals surface area contributed by atoms with Crippen molar-refractivity contribution in [1.82, 2.24) is 14.7 Å². The van der Waals surface area contributed by atoms with Gasteiger partial charge in [0.25, 0.3) is 11.8 Å². The Morgan fingerprint density at radius 3 is 2.39 bits per heavy atom. The molecule has 2 amide bonds. The van der Waals surface area contributed by atoms with E-state index in [0.29, 0.717) is 35.6 Å². The monoisotopic (exact) mass is 579 g/mol. The second kappa shape index (κ2) is 11.5. The zero-order valence-corrected chi connectivity index (χ0v) is 23.9. The van der Waals surface area contributed by atoms with Gasteiger partial charge in [-0.25, -0.2) is 4.68 Å². The molecular formula is C35H29N7O2. The van der Waals surface area contributed by atoms with Crippen LogP contribution in [0.3, 0.4) is 0 Å². The number of amides is 2. The lowest BCUT2D eigenvalue weighted by Gasteiger charge is -2.41. The fourth-order valence-corrected chi connectivity index (χ4v) is 6.19. The van der Waals surface area contributed by atoms with Gasteiger partial charge in [0.1, 0.15) is 11.8 Å². The maximum absolute atomic E-state index is 13.2. The molecule has 2 N–H and O–H groups in total. The van der Waals surface area contributed by atoms with Crippen LogP contribution in [0.1, 0.15) is 43.6 Å². The van der Waals surface area contributed by atoms with E-state index in [-0.39, 0.29) is 17.9 Å². The Morgan fingerprint density at radius 2 is 1.59 bits per heavy atom. The van der Waals surface area contributed by atoms with Gasteiger partial charge in [-0.2, -0.15) is 10.4 Å². The summed E-state index contributed by atoms with van der Waals surface area (Å²) in [7, 11) is 0. The number of para-hydroxylation sites is 2. The van der Waals surface area contributed by atoms with Gasteiger partial charge in [-0.15, -0.1) is 0 Å². The Labute approximate surface area is 255 Å². The Hall–Kier alpha value is -5.72. The molecule has 9 heteroatoms. The second-order valence-corrected chi connectivity index (χ2v) is 10.8. The summed E-state index contributed by atoms with van der Waals surface area (Å²) >= 11 is 0. The van der Waals surface area contributed by atoms with E-state index in [1.807, 2.05) is 84.9 Å². The number of hydrogen-bond acceptors (Lipinski definition) is 6. The summed E-state index contributed by atoms with van der Waals surface area (Å²) in [5, 5.41) is 20.4. The van der Waals surface area contributed by atoms with E-state index in [0.717, 1.165) is 41.3 Å². The summed E-state index contributed by atoms with van der Waals surface area (Å²) < 4.78 is 1.59. The molecule has 5 aromatic rings. The third kappa shape index (κ3) is 4.97. The van der Waals surface area contributed by atoms with E-state index >= 15 is 0 Å². The predicted molar refractivity (Wildman–Crippen MR) is 169 cm³/mol. The number of anilines is 3. The molecule has 2 aliphatic rings. The highest BCUT2D eigenvalue weighted by atomic mass is 16.2. The number of carbonyl (C=O) groups excluding carboxylic acids is 2. The number of nitrogens with one attached hydrogen (secondary N) is 2. The molecule has 44 heavy (non-hydrogen) atoms. The van der Waals surface area contributed by atoms with Crippen LogP contribution in [0.5, 0.6) is 0 Å². The quantitative estimate of drug-likeness (QED) is 0.286. The zero-order valence-electron chi connectivity index (χ0n) is 23.9. The van der Waals surface area contributed by atoms with Gasteiger partial charge in [-0.05, 0) is 59.7 Å². The number of piperazine rings is 1. The van der Waals surface area contributed by atoms with Crippen LogP contribution in [0, 0.1) is 11.3 Å². The Bertz CT molecular complexity index is 1900. The first-order chi connectivity index (χ1) is 21.6. The molecule has 2 aliphatic heterocycles. The minimum absolute atomic E-state index is 0.0687. The fraction of sp³-hybridized carbons (Fsp3) is 0.143. The molecule has 4 aromatic carbocycles. The van der Waals surface area contributed by atoms with Gasteiger partial charge >= 0.3 is 0 Å². The number of fused-ring (bicyclic) bond motifs is 2. The van der Waals surface area contributed by atoms with Crippen molar-refractivity contribution in [3.8, 4) is 11.8 Å². The maximum atomic E-state index is 13.2. The lowest BCUT2D eigenvalue weighted by molar-refractivity contribution is 0.101. The van der Waals surface area contributed by atoms with Crippen molar-refractivity contribution in [3.05, 3.63) is 137 Å². The van der Waals surface area contributed by atoms with Crippen molar-refractivity contribution in [1.29, 1.82) is 5.26 Å². The van der Waals surface area contributed by atoms with Gasteiger partial charge in [-0.1, -0.05) is 54.6 Å². The third-order valence-electron chi connectivity index (χ3n) is 8.27. The highest BCUT2D eigenvalue weighted by molar-refractivity contribution is 6.07. The number of nitrogens with zero attached hydrogens (tertiary/aromatic N) is 5. The number of hydrogen-bond donors (Lipinski definition) is 2. The average molecular weight is 580 g/mol. The first-order valence-corrected chi connectivity index (χ1v) is 14.5. The van der Waals surface area contributed by atoms with Gasteiger partial charge in [-0.3, -0.25) is 14.5 Å². The lowest BCUT2D eigenvalue weighted by Crippen LogP contribution is -2.48. The number of rotatable bonds is 5. The molecule has 1 saturated heterocycles. The molecule has 1 fully saturated rings. The molecule has 1 aromatic heterocycles. The van der Waals surface area contributed by atoms with Crippen LogP contribution in [-0.4, -0.2) is 52.7 Å². The van der Waals surface area contributed by atoms with Crippen molar-refractivity contribution in [2.45, 2.75) is 6.04 Å². The van der Waals surface area contributed by atoms with Crippen molar-refractivity contribution in [2.75, 3.05) is 41.7 Å². The minimum Gasteiger partial charge on any atom is -0.368 e. The van der Waals surface area contributed by atoms with Crippen molar-refractivity contribution < 1.29 is 9.59 Å². The van der Waals surface area contributed by atoms with Crippen LogP contribution in [0.2, 0.25) is 0 Å². The average Bonchev–Trinajstić information content (AvgIpc) is 3.53. The van der Waals surface area contributed by atoms with Crippen LogP contribution in [0.15, 0.2) is 109 Å². The number of carbonyl (C=O) groups is 2. The van der Waals surface area contributed by atoms with E-state index in [1.54, 1.807) is 23.0 Å². The van der Waals surface area contributed by atoms with Gasteiger partial charge in [0, 0.05) is 43.1 Å². The summed E-state index contributed by atoms with van der Waals surface area (Å²) in [6.07, 6.45) is 1.59. The van der Waals surface area contributed by atoms with Gasteiger partial charge in [0.05, 0.1) is 29.2 Å². The van der Waals surface area contributed by atoms with Crippen LogP contribution >= 0.6 is 0 Å². The van der Waals surface area contributed by atoms with E-state index in [1.165, 1.54) is 0 Å². The first-order valence-electron chi connectivity index (χ1n) is 14.5. The Balaban J connectivity index is 1.09. The number of aromatic nitrogens is 2. The molecule has 0 saturated carbocycles. The topological polar surface area (TPSA) is 106 Å². The molecule has 0 spiro atoms. The molecule has 0 aliphatic carbocycles. The van der Waals surface area contributed by atoms with Gasteiger partial charge in [0.15, 0.2) is 0 Å². The van der Waals surface area contributed by atoms with Crippen LogP contribution in [0.25, 0.3) is 5.69 Å². The smallest absolute Gasteiger partial charge is 0.274 e. The van der Waals surface area contributed by atoms with Crippen molar-refractivity contribution in [2.24, 2.45) is 0 Å². The van der Waals surface area contributed by atoms with Crippen molar-refractivity contribution in [3.63, 3.8) is 0 Å². The first kappa shape index (κ1) is 27.1. The maximum Gasteiger partial charge on any atom is 0.274 e. The summed E-state index contributed by atoms with van der Waals surface area (Å²) in [5.41, 5.74) is 6.64. The van der Waals surface area contributed by atoms with Crippen LogP contribution in [-0.2, 0) is 0 Å². The molecule has 9 nitrogen and oxygen atoms in total. The number of nitriles is 1. The minimum atomic E-state index is -0.312. The lowest BCUT2D eigenvalue weighted by atomic mass is 9.93. The molecule has 7 rings (SSSR count). The van der Waals surface area contributed by atoms with E-state index in [2.05, 4.69) is 37.7 Å². The molecular weight excluding hydrogens is 550 g/mol. The second-order valence-electron chi connectivity index (χ2n) is 10.8. The standard InChI is InChI=1S/C35H29N7O2/c36-23-24-22-25(38-35(44)32-16-17-37-42(32)26-8-2-1-3-9-26)14-15-31(24)40-18-20-41(21-19-40)33-27-10-4-5-11-28(27)34(43)39-30-13-7-6-12-29(30)33/h1-17,22,33H,18-21H2,(H,38,44)(H,39,43). The summed E-state index contributed by atoms with van der Waals surface area (Å²) in [4.78, 5) is 30.8. The van der Waals surface area contributed by atoms with E-state index < -0.39 is 0 Å². The fourth-order valence-electron chi connectivity index (χ4n) is 6.19. The molecule has 216 valence electrons. The molecule has 3 heterocycles. The summed E-state index contributed by atoms with van der Waals surface area (Å²) in [6, 6.07) is 34.6. The molecule has 1 unspecified atom stereocenters. The summed E-state index contributed by atoms with van der Waals surface area (Å²) in [5.74, 6) is -0.405. The Morgan fingerprint density at radius 1 is 0.864 bits per heavy atom. The molecule has 0 radical (unpaired) electrons. The molecule has 0 bridgehead atoms. The summed E-state index contributed by atoms with van der Waals surface area (Å²) in [6.45, 7) is 2.90. The Kier molecular flexibility index (Phi) is 7.10. The predicted octanol–water partition coefficient (Wildman–Crippen LogP) is 5.47. The van der Waals surface area contributed by atoms with Crippen molar-refractivity contribution >= 4 is 28.9 Å². The van der Waals surface area contributed by atoms with Crippen LogP contribution < -0.4 is 15.5 Å². The van der Waals surface area contributed by atoms with E-state index in [9.17, 15) is 14.9 Å². The van der Waals surface area contributed by atoms with Gasteiger partial charge < -0.3 is 15.5 Å².